The molecule has 4 aliphatic rings. The number of hydrogen-bond acceptors (Lipinski definition) is 5. The van der Waals surface area contributed by atoms with E-state index in [1.165, 1.54) is 11.0 Å². The van der Waals surface area contributed by atoms with Gasteiger partial charge in [0.05, 0.1) is 6.54 Å². The molecule has 2 N–H and O–H groups in total. The number of ether oxygens (including phenoxy) is 1. The smallest absolute Gasteiger partial charge is 0.411 e. The van der Waals surface area contributed by atoms with Crippen molar-refractivity contribution in [3.05, 3.63) is 59.3 Å². The van der Waals surface area contributed by atoms with Crippen molar-refractivity contribution in [3.8, 4) is 0 Å². The van der Waals surface area contributed by atoms with Crippen LogP contribution >= 0.6 is 0 Å². The molecule has 0 radical (unpaired) electrons. The molecule has 1 saturated heterocycles. The highest BCUT2D eigenvalue weighted by Crippen LogP contribution is 2.48. The molecule has 1 unspecified atom stereocenters. The van der Waals surface area contributed by atoms with Crippen LogP contribution in [0.25, 0.3) is 0 Å². The van der Waals surface area contributed by atoms with Crippen LogP contribution in [-0.4, -0.2) is 52.3 Å². The number of hydrogen-bond donors (Lipinski definition) is 1. The van der Waals surface area contributed by atoms with Gasteiger partial charge in [0.2, 0.25) is 5.91 Å². The van der Waals surface area contributed by atoms with Crippen LogP contribution in [-0.2, 0) is 20.9 Å². The lowest BCUT2D eigenvalue weighted by molar-refractivity contribution is -0.135. The molecule has 168 valence electrons. The Morgan fingerprint density at radius 2 is 1.97 bits per heavy atom. The minimum Gasteiger partial charge on any atom is -0.436 e. The number of nitrogens with zero attached hydrogens (tertiary/aromatic N) is 2. The van der Waals surface area contributed by atoms with E-state index >= 15 is 0 Å². The van der Waals surface area contributed by atoms with Gasteiger partial charge in [0.25, 0.3) is 0 Å². The Morgan fingerprint density at radius 3 is 2.69 bits per heavy atom. The quantitative estimate of drug-likeness (QED) is 0.742. The van der Waals surface area contributed by atoms with Gasteiger partial charge in [0.1, 0.15) is 6.54 Å². The first kappa shape index (κ1) is 20.8. The fraction of sp³-hybridized carbons (Fsp3) is 0.480. The molecular formula is C25H29N3O4. The van der Waals surface area contributed by atoms with E-state index in [2.05, 4.69) is 6.92 Å². The van der Waals surface area contributed by atoms with Crippen LogP contribution in [0, 0.1) is 11.8 Å². The molecule has 2 saturated carbocycles. The lowest BCUT2D eigenvalue weighted by atomic mass is 9.86. The third-order valence-corrected chi connectivity index (χ3v) is 7.34. The zero-order valence-corrected chi connectivity index (χ0v) is 18.3. The predicted molar refractivity (Wildman–Crippen MR) is 118 cm³/mol. The first-order chi connectivity index (χ1) is 15.4. The Morgan fingerprint density at radius 1 is 1.22 bits per heavy atom. The van der Waals surface area contributed by atoms with E-state index in [0.29, 0.717) is 31.0 Å². The summed E-state index contributed by atoms with van der Waals surface area (Å²) >= 11 is 0. The van der Waals surface area contributed by atoms with Gasteiger partial charge in [0, 0.05) is 30.3 Å². The largest absolute Gasteiger partial charge is 0.436 e. The van der Waals surface area contributed by atoms with Crippen LogP contribution in [0.2, 0.25) is 0 Å². The van der Waals surface area contributed by atoms with Gasteiger partial charge in [-0.15, -0.1) is 0 Å². The van der Waals surface area contributed by atoms with Gasteiger partial charge in [-0.1, -0.05) is 30.3 Å². The van der Waals surface area contributed by atoms with Crippen LogP contribution in [0.15, 0.2) is 53.8 Å². The first-order valence-corrected chi connectivity index (χ1v) is 11.4. The summed E-state index contributed by atoms with van der Waals surface area (Å²) < 4.78 is 5.82. The van der Waals surface area contributed by atoms with Crippen molar-refractivity contribution in [1.82, 2.24) is 9.80 Å². The maximum Gasteiger partial charge on any atom is 0.411 e. The fourth-order valence-electron chi connectivity index (χ4n) is 5.37. The SMILES string of the molecule is C[C@@H](C1CC1)N(Cc1ccccc1)C(=O)CN1C[C@@]2(CCC3C(=O)C=C(N)C=C32)OC1=O. The van der Waals surface area contributed by atoms with Gasteiger partial charge in [-0.25, -0.2) is 4.79 Å². The Kier molecular flexibility index (Phi) is 5.07. The van der Waals surface area contributed by atoms with E-state index in [-0.39, 0.29) is 36.7 Å². The minimum atomic E-state index is -0.858. The predicted octanol–water partition coefficient (Wildman–Crippen LogP) is 2.77. The number of ketones is 1. The summed E-state index contributed by atoms with van der Waals surface area (Å²) in [6, 6.07) is 10.1. The highest BCUT2D eigenvalue weighted by atomic mass is 16.6. The van der Waals surface area contributed by atoms with Crippen molar-refractivity contribution in [3.63, 3.8) is 0 Å². The second kappa shape index (κ2) is 7.80. The number of amides is 2. The van der Waals surface area contributed by atoms with Crippen molar-refractivity contribution in [2.24, 2.45) is 17.6 Å². The standard InChI is InChI=1S/C25H29N3O4/c1-16(18-7-8-18)28(13-17-5-3-2-4-6-17)23(30)14-27-15-25(32-24(27)31)10-9-20-21(25)11-19(26)12-22(20)29/h2-6,11-12,16,18,20H,7-10,13-15,26H2,1H3/t16-,20?,25+/m0/s1. The van der Waals surface area contributed by atoms with Crippen molar-refractivity contribution in [2.45, 2.75) is 50.8 Å². The van der Waals surface area contributed by atoms with E-state index in [1.807, 2.05) is 35.2 Å². The molecule has 5 rings (SSSR count). The van der Waals surface area contributed by atoms with Gasteiger partial charge < -0.3 is 15.4 Å². The summed E-state index contributed by atoms with van der Waals surface area (Å²) in [5, 5.41) is 0. The van der Waals surface area contributed by atoms with Crippen LogP contribution < -0.4 is 5.73 Å². The van der Waals surface area contributed by atoms with E-state index in [9.17, 15) is 14.4 Å². The van der Waals surface area contributed by atoms with Crippen molar-refractivity contribution >= 4 is 17.8 Å². The molecule has 1 aliphatic heterocycles. The topological polar surface area (TPSA) is 92.9 Å². The van der Waals surface area contributed by atoms with Crippen molar-refractivity contribution < 1.29 is 19.1 Å². The highest BCUT2D eigenvalue weighted by Gasteiger charge is 2.55. The number of nitrogens with two attached hydrogens (primary N) is 1. The lowest BCUT2D eigenvalue weighted by Crippen LogP contribution is -2.46. The van der Waals surface area contributed by atoms with Crippen LogP contribution in [0.3, 0.4) is 0 Å². The summed E-state index contributed by atoms with van der Waals surface area (Å²) in [6.45, 7) is 2.87. The lowest BCUT2D eigenvalue weighted by Gasteiger charge is -2.31. The number of carbonyl (C=O) groups is 3. The first-order valence-electron chi connectivity index (χ1n) is 11.4. The maximum absolute atomic E-state index is 13.4. The molecule has 0 bridgehead atoms. The fourth-order valence-corrected chi connectivity index (χ4v) is 5.37. The van der Waals surface area contributed by atoms with Gasteiger partial charge in [0.15, 0.2) is 11.4 Å². The number of rotatable bonds is 6. The zero-order chi connectivity index (χ0) is 22.5. The molecule has 3 atom stereocenters. The van der Waals surface area contributed by atoms with Crippen molar-refractivity contribution in [2.75, 3.05) is 13.1 Å². The van der Waals surface area contributed by atoms with Crippen molar-refractivity contribution in [1.29, 1.82) is 0 Å². The van der Waals surface area contributed by atoms with E-state index in [1.54, 1.807) is 6.08 Å². The average Bonchev–Trinajstić information content (AvgIpc) is 3.49. The molecule has 1 aromatic carbocycles. The monoisotopic (exact) mass is 435 g/mol. The third-order valence-electron chi connectivity index (χ3n) is 7.34. The number of fused-ring (bicyclic) bond motifs is 2. The van der Waals surface area contributed by atoms with Crippen LogP contribution in [0.4, 0.5) is 4.79 Å². The molecule has 1 heterocycles. The summed E-state index contributed by atoms with van der Waals surface area (Å²) in [5.74, 6) is 0.123. The highest BCUT2D eigenvalue weighted by molar-refractivity contribution is 5.97. The van der Waals surface area contributed by atoms with Gasteiger partial charge >= 0.3 is 6.09 Å². The molecule has 1 aromatic rings. The second-order valence-corrected chi connectivity index (χ2v) is 9.54. The van der Waals surface area contributed by atoms with Gasteiger partial charge in [-0.05, 0) is 55.7 Å². The molecule has 2 amide bonds. The summed E-state index contributed by atoms with van der Waals surface area (Å²) in [6.07, 6.45) is 6.18. The zero-order valence-electron chi connectivity index (χ0n) is 18.3. The normalized spacial score (nSPS) is 27.7. The van der Waals surface area contributed by atoms with Gasteiger partial charge in [-0.3, -0.25) is 14.5 Å². The van der Waals surface area contributed by atoms with E-state index in [4.69, 9.17) is 10.5 Å². The third kappa shape index (κ3) is 3.70. The summed E-state index contributed by atoms with van der Waals surface area (Å²) in [4.78, 5) is 41.9. The molecule has 32 heavy (non-hydrogen) atoms. The van der Waals surface area contributed by atoms with Gasteiger partial charge in [-0.2, -0.15) is 0 Å². The minimum absolute atomic E-state index is 0.0261. The van der Waals surface area contributed by atoms with E-state index in [0.717, 1.165) is 24.0 Å². The van der Waals surface area contributed by atoms with E-state index < -0.39 is 11.7 Å². The number of carbonyl (C=O) groups excluding carboxylic acids is 3. The molecule has 7 heteroatoms. The Hall–Kier alpha value is -3.09. The van der Waals surface area contributed by atoms with Crippen LogP contribution in [0.5, 0.6) is 0 Å². The number of allylic oxidation sites excluding steroid dienone is 2. The Balaban J connectivity index is 1.33. The molecule has 1 spiro atoms. The second-order valence-electron chi connectivity index (χ2n) is 9.54. The molecule has 3 fully saturated rings. The average molecular weight is 436 g/mol. The van der Waals surface area contributed by atoms with Crippen LogP contribution in [0.1, 0.15) is 38.2 Å². The Bertz CT molecular complexity index is 1010. The summed E-state index contributed by atoms with van der Waals surface area (Å²) in [7, 11) is 0. The molecule has 3 aliphatic carbocycles. The number of benzene rings is 1. The maximum atomic E-state index is 13.4. The Labute approximate surface area is 187 Å². The molecule has 7 nitrogen and oxygen atoms in total. The molecule has 0 aromatic heterocycles. The summed E-state index contributed by atoms with van der Waals surface area (Å²) in [5.41, 5.74) is 7.29. The molecular weight excluding hydrogens is 406 g/mol.